The largest absolute Gasteiger partial charge is 0.497 e. The number of rotatable bonds is 11. The molecule has 1 aromatic carbocycles. The van der Waals surface area contributed by atoms with E-state index in [1.807, 2.05) is 13.0 Å². The number of aliphatic imine (C=N–C) groups is 1. The lowest BCUT2D eigenvalue weighted by molar-refractivity contribution is 0.0536. The van der Waals surface area contributed by atoms with Gasteiger partial charge >= 0.3 is 0 Å². The molecule has 1 aliphatic rings. The van der Waals surface area contributed by atoms with Crippen molar-refractivity contribution in [2.24, 2.45) is 10.9 Å². The quantitative estimate of drug-likeness (QED) is 0.194. The third kappa shape index (κ3) is 8.09. The number of likely N-dealkylation sites (tertiary alicyclic amines) is 1. The number of aliphatic hydroxyl groups excluding tert-OH is 1. The molecule has 0 spiro atoms. The monoisotopic (exact) mass is 537 g/mol. The van der Waals surface area contributed by atoms with Gasteiger partial charge in [-0.15, -0.1) is 24.0 Å². The molecule has 0 saturated carbocycles. The van der Waals surface area contributed by atoms with Gasteiger partial charge in [-0.2, -0.15) is 0 Å². The van der Waals surface area contributed by atoms with Crippen LogP contribution < -0.4 is 14.8 Å². The van der Waals surface area contributed by atoms with Gasteiger partial charge in [-0.25, -0.2) is 0 Å². The first-order valence-corrected chi connectivity index (χ1v) is 10.1. The summed E-state index contributed by atoms with van der Waals surface area (Å²) in [6.07, 6.45) is 0.272. The van der Waals surface area contributed by atoms with Crippen LogP contribution in [0.5, 0.6) is 11.5 Å². The fraction of sp³-hybridized carbons (Fsp3) is 0.667. The summed E-state index contributed by atoms with van der Waals surface area (Å²) in [5.41, 5.74) is 0.664. The van der Waals surface area contributed by atoms with E-state index in [2.05, 4.69) is 15.2 Å². The number of hydrogen-bond acceptors (Lipinski definition) is 6. The van der Waals surface area contributed by atoms with E-state index in [1.165, 1.54) is 0 Å². The molecule has 0 radical (unpaired) electrons. The number of hydrogen-bond donors (Lipinski definition) is 2. The summed E-state index contributed by atoms with van der Waals surface area (Å²) < 4.78 is 21.3. The molecule has 30 heavy (non-hydrogen) atoms. The summed E-state index contributed by atoms with van der Waals surface area (Å²) in [7, 11) is 4.86. The zero-order chi connectivity index (χ0) is 21.1. The number of ether oxygens (including phenoxy) is 4. The van der Waals surface area contributed by atoms with Crippen molar-refractivity contribution < 1.29 is 24.1 Å². The Morgan fingerprint density at radius 2 is 2.07 bits per heavy atom. The second-order valence-corrected chi connectivity index (χ2v) is 6.99. The molecule has 1 heterocycles. The summed E-state index contributed by atoms with van der Waals surface area (Å²) in [4.78, 5) is 6.90. The Labute approximate surface area is 196 Å². The summed E-state index contributed by atoms with van der Waals surface area (Å²) in [5.74, 6) is 2.58. The van der Waals surface area contributed by atoms with Crippen LogP contribution in [0.4, 0.5) is 0 Å². The molecule has 1 aliphatic heterocycles. The molecule has 2 atom stereocenters. The van der Waals surface area contributed by atoms with Crippen LogP contribution in [0.1, 0.15) is 25.0 Å². The minimum absolute atomic E-state index is 0. The zero-order valence-electron chi connectivity index (χ0n) is 18.4. The molecule has 8 nitrogen and oxygen atoms in total. The standard InChI is InChI=1S/C21H35N3O5.HI/c1-5-22-21(24-9-8-16(14-24)15-29-11-10-26-2)23-13-19(25)18-12-17(27-3)6-7-20(18)28-4;/h6-7,12,16,19,25H,5,8-11,13-15H2,1-4H3,(H,22,23);1H. The van der Waals surface area contributed by atoms with E-state index in [4.69, 9.17) is 18.9 Å². The van der Waals surface area contributed by atoms with Gasteiger partial charge in [-0.1, -0.05) is 0 Å². The van der Waals surface area contributed by atoms with Crippen LogP contribution in [0.15, 0.2) is 23.2 Å². The number of benzene rings is 1. The van der Waals surface area contributed by atoms with Gasteiger partial charge in [0.05, 0.1) is 40.6 Å². The van der Waals surface area contributed by atoms with Crippen molar-refractivity contribution >= 4 is 29.9 Å². The Hall–Kier alpha value is -1.30. The Morgan fingerprint density at radius 3 is 2.73 bits per heavy atom. The van der Waals surface area contributed by atoms with Gasteiger partial charge in [0.1, 0.15) is 17.6 Å². The first-order chi connectivity index (χ1) is 14.1. The maximum Gasteiger partial charge on any atom is 0.194 e. The number of guanidine groups is 1. The SMILES string of the molecule is CCNC(=NCC(O)c1cc(OC)ccc1OC)N1CCC(COCCOC)C1.I. The maximum absolute atomic E-state index is 10.7. The molecule has 0 aromatic heterocycles. The summed E-state index contributed by atoms with van der Waals surface area (Å²) in [6, 6.07) is 5.39. The molecule has 1 fully saturated rings. The van der Waals surface area contributed by atoms with E-state index in [1.54, 1.807) is 33.5 Å². The van der Waals surface area contributed by atoms with Crippen LogP contribution in [0.3, 0.4) is 0 Å². The highest BCUT2D eigenvalue weighted by molar-refractivity contribution is 14.0. The van der Waals surface area contributed by atoms with Gasteiger partial charge in [0, 0.05) is 38.2 Å². The zero-order valence-corrected chi connectivity index (χ0v) is 20.8. The van der Waals surface area contributed by atoms with Crippen LogP contribution in [0.25, 0.3) is 0 Å². The first kappa shape index (κ1) is 26.7. The van der Waals surface area contributed by atoms with Crippen molar-refractivity contribution in [3.05, 3.63) is 23.8 Å². The van der Waals surface area contributed by atoms with E-state index >= 15 is 0 Å². The fourth-order valence-corrected chi connectivity index (χ4v) is 3.35. The van der Waals surface area contributed by atoms with Crippen LogP contribution in [0, 0.1) is 5.92 Å². The predicted molar refractivity (Wildman–Crippen MR) is 128 cm³/mol. The molecular weight excluding hydrogens is 501 g/mol. The smallest absolute Gasteiger partial charge is 0.194 e. The van der Waals surface area contributed by atoms with Crippen molar-refractivity contribution in [2.75, 3.05) is 67.3 Å². The number of aliphatic hydroxyl groups is 1. The van der Waals surface area contributed by atoms with E-state index < -0.39 is 6.10 Å². The predicted octanol–water partition coefficient (Wildman–Crippen LogP) is 2.31. The van der Waals surface area contributed by atoms with Gasteiger partial charge < -0.3 is 34.3 Å². The molecule has 2 unspecified atom stereocenters. The second-order valence-electron chi connectivity index (χ2n) is 6.99. The van der Waals surface area contributed by atoms with Crippen LogP contribution in [0.2, 0.25) is 0 Å². The van der Waals surface area contributed by atoms with Crippen molar-refractivity contribution in [3.8, 4) is 11.5 Å². The fourth-order valence-electron chi connectivity index (χ4n) is 3.35. The van der Waals surface area contributed by atoms with Gasteiger partial charge in [-0.05, 0) is 31.5 Å². The topological polar surface area (TPSA) is 84.8 Å². The molecule has 1 aromatic rings. The van der Waals surface area contributed by atoms with E-state index in [-0.39, 0.29) is 30.5 Å². The average Bonchev–Trinajstić information content (AvgIpc) is 3.22. The minimum atomic E-state index is -0.788. The Balaban J connectivity index is 0.00000450. The molecule has 9 heteroatoms. The van der Waals surface area contributed by atoms with Crippen molar-refractivity contribution in [1.29, 1.82) is 0 Å². The highest BCUT2D eigenvalue weighted by atomic mass is 127. The van der Waals surface area contributed by atoms with Gasteiger partial charge in [0.2, 0.25) is 0 Å². The average molecular weight is 537 g/mol. The molecule has 172 valence electrons. The number of methoxy groups -OCH3 is 3. The highest BCUT2D eigenvalue weighted by Crippen LogP contribution is 2.29. The van der Waals surface area contributed by atoms with Crippen LogP contribution in [-0.2, 0) is 9.47 Å². The Kier molecular flexibility index (Phi) is 13.1. The Morgan fingerprint density at radius 1 is 1.27 bits per heavy atom. The molecule has 2 rings (SSSR count). The lowest BCUT2D eigenvalue weighted by Gasteiger charge is -2.22. The van der Waals surface area contributed by atoms with Crippen molar-refractivity contribution in [3.63, 3.8) is 0 Å². The summed E-state index contributed by atoms with van der Waals surface area (Å²) in [5, 5.41) is 14.0. The number of halogens is 1. The van der Waals surface area contributed by atoms with E-state index in [0.29, 0.717) is 36.2 Å². The molecule has 1 saturated heterocycles. The third-order valence-corrected chi connectivity index (χ3v) is 4.92. The van der Waals surface area contributed by atoms with E-state index in [0.717, 1.165) is 38.6 Å². The number of nitrogens with one attached hydrogen (secondary N) is 1. The van der Waals surface area contributed by atoms with Crippen molar-refractivity contribution in [2.45, 2.75) is 19.4 Å². The molecular formula is C21H36IN3O5. The normalized spacial score (nSPS) is 17.4. The van der Waals surface area contributed by atoms with Gasteiger partial charge in [-0.3, -0.25) is 4.99 Å². The molecule has 0 aliphatic carbocycles. The van der Waals surface area contributed by atoms with E-state index in [9.17, 15) is 5.11 Å². The maximum atomic E-state index is 10.7. The van der Waals surface area contributed by atoms with Crippen LogP contribution in [-0.4, -0.2) is 83.3 Å². The minimum Gasteiger partial charge on any atom is -0.497 e. The van der Waals surface area contributed by atoms with Crippen molar-refractivity contribution in [1.82, 2.24) is 10.2 Å². The van der Waals surface area contributed by atoms with Crippen LogP contribution >= 0.6 is 24.0 Å². The second kappa shape index (κ2) is 14.7. The summed E-state index contributed by atoms with van der Waals surface area (Å²) in [6.45, 7) is 6.81. The number of nitrogens with zero attached hydrogens (tertiary/aromatic N) is 2. The van der Waals surface area contributed by atoms with Gasteiger partial charge in [0.15, 0.2) is 5.96 Å². The highest BCUT2D eigenvalue weighted by Gasteiger charge is 2.25. The summed E-state index contributed by atoms with van der Waals surface area (Å²) >= 11 is 0. The first-order valence-electron chi connectivity index (χ1n) is 10.1. The lowest BCUT2D eigenvalue weighted by atomic mass is 10.1. The van der Waals surface area contributed by atoms with Gasteiger partial charge in [0.25, 0.3) is 0 Å². The molecule has 2 N–H and O–H groups in total. The third-order valence-electron chi connectivity index (χ3n) is 4.92. The Bertz CT molecular complexity index is 647. The lowest BCUT2D eigenvalue weighted by Crippen LogP contribution is -2.40. The molecule has 0 bridgehead atoms. The molecule has 0 amide bonds.